The standard InChI is InChI=1S/C16H19NO2S2/c1-11-9-14(21-10-11)16(18)17-15(13-3-2-8-20-13)12-4-6-19-7-5-12/h2-3,8-10,12,15H,4-7H2,1H3,(H,17,18)/t15-/m0/s1. The Morgan fingerprint density at radius 2 is 2.19 bits per heavy atom. The molecule has 1 atom stereocenters. The van der Waals surface area contributed by atoms with Crippen LogP contribution in [0.2, 0.25) is 0 Å². The number of amides is 1. The fraction of sp³-hybridized carbons (Fsp3) is 0.438. The van der Waals surface area contributed by atoms with Crippen LogP contribution in [0.1, 0.15) is 39.0 Å². The highest BCUT2D eigenvalue weighted by atomic mass is 32.1. The summed E-state index contributed by atoms with van der Waals surface area (Å²) in [5, 5.41) is 7.33. The van der Waals surface area contributed by atoms with Crippen LogP contribution in [-0.2, 0) is 4.74 Å². The van der Waals surface area contributed by atoms with Crippen LogP contribution in [0.25, 0.3) is 0 Å². The van der Waals surface area contributed by atoms with Gasteiger partial charge < -0.3 is 10.1 Å². The predicted molar refractivity (Wildman–Crippen MR) is 87.1 cm³/mol. The van der Waals surface area contributed by atoms with Crippen LogP contribution in [0.5, 0.6) is 0 Å². The number of ether oxygens (including phenoxy) is 1. The second-order valence-corrected chi connectivity index (χ2v) is 7.30. The second-order valence-electron chi connectivity index (χ2n) is 5.40. The molecule has 1 N–H and O–H groups in total. The Morgan fingerprint density at radius 3 is 2.81 bits per heavy atom. The smallest absolute Gasteiger partial charge is 0.261 e. The number of thiophene rings is 2. The van der Waals surface area contributed by atoms with Gasteiger partial charge in [-0.1, -0.05) is 6.07 Å². The van der Waals surface area contributed by atoms with E-state index in [2.05, 4.69) is 16.8 Å². The fourth-order valence-electron chi connectivity index (χ4n) is 2.70. The normalized spacial score (nSPS) is 17.6. The predicted octanol–water partition coefficient (Wildman–Crippen LogP) is 4.02. The van der Waals surface area contributed by atoms with E-state index in [1.54, 1.807) is 11.3 Å². The van der Waals surface area contributed by atoms with Crippen molar-refractivity contribution in [2.75, 3.05) is 13.2 Å². The van der Waals surface area contributed by atoms with Gasteiger partial charge in [0.1, 0.15) is 0 Å². The first-order valence-electron chi connectivity index (χ1n) is 7.21. The molecule has 0 radical (unpaired) electrons. The van der Waals surface area contributed by atoms with Crippen molar-refractivity contribution < 1.29 is 9.53 Å². The van der Waals surface area contributed by atoms with Gasteiger partial charge in [0.2, 0.25) is 0 Å². The molecule has 112 valence electrons. The first kappa shape index (κ1) is 14.8. The molecular formula is C16H19NO2S2. The highest BCUT2D eigenvalue weighted by Crippen LogP contribution is 2.33. The molecule has 0 aromatic carbocycles. The Morgan fingerprint density at radius 1 is 1.38 bits per heavy atom. The van der Waals surface area contributed by atoms with E-state index in [-0.39, 0.29) is 11.9 Å². The minimum Gasteiger partial charge on any atom is -0.381 e. The van der Waals surface area contributed by atoms with Gasteiger partial charge in [0.15, 0.2) is 0 Å². The lowest BCUT2D eigenvalue weighted by molar-refractivity contribution is 0.0519. The third-order valence-electron chi connectivity index (χ3n) is 3.83. The van der Waals surface area contributed by atoms with Crippen molar-refractivity contribution >= 4 is 28.6 Å². The van der Waals surface area contributed by atoms with Crippen molar-refractivity contribution in [3.8, 4) is 0 Å². The molecule has 1 fully saturated rings. The molecular weight excluding hydrogens is 302 g/mol. The summed E-state index contributed by atoms with van der Waals surface area (Å²) in [5.74, 6) is 0.500. The van der Waals surface area contributed by atoms with Gasteiger partial charge in [-0.15, -0.1) is 22.7 Å². The van der Waals surface area contributed by atoms with Gasteiger partial charge in [-0.2, -0.15) is 0 Å². The van der Waals surface area contributed by atoms with Gasteiger partial charge in [-0.05, 0) is 54.1 Å². The zero-order valence-electron chi connectivity index (χ0n) is 12.0. The quantitative estimate of drug-likeness (QED) is 0.924. The monoisotopic (exact) mass is 321 g/mol. The molecule has 1 aliphatic rings. The summed E-state index contributed by atoms with van der Waals surface area (Å²) in [4.78, 5) is 14.5. The zero-order chi connectivity index (χ0) is 14.7. The van der Waals surface area contributed by atoms with Crippen molar-refractivity contribution in [3.05, 3.63) is 44.3 Å². The van der Waals surface area contributed by atoms with Crippen LogP contribution >= 0.6 is 22.7 Å². The molecule has 0 unspecified atom stereocenters. The zero-order valence-corrected chi connectivity index (χ0v) is 13.6. The van der Waals surface area contributed by atoms with E-state index in [4.69, 9.17) is 4.74 Å². The minimum atomic E-state index is 0.0398. The van der Waals surface area contributed by atoms with Crippen LogP contribution in [-0.4, -0.2) is 19.1 Å². The van der Waals surface area contributed by atoms with Gasteiger partial charge in [0, 0.05) is 18.1 Å². The summed E-state index contributed by atoms with van der Waals surface area (Å²) in [6.45, 7) is 3.60. The fourth-order valence-corrected chi connectivity index (χ4v) is 4.37. The number of carbonyl (C=O) groups is 1. The average Bonchev–Trinajstić information content (AvgIpc) is 3.17. The average molecular weight is 321 g/mol. The summed E-state index contributed by atoms with van der Waals surface area (Å²) in [5.41, 5.74) is 1.14. The summed E-state index contributed by atoms with van der Waals surface area (Å²) in [7, 11) is 0. The van der Waals surface area contributed by atoms with Crippen molar-refractivity contribution in [1.29, 1.82) is 0 Å². The summed E-state index contributed by atoms with van der Waals surface area (Å²) >= 11 is 3.23. The summed E-state index contributed by atoms with van der Waals surface area (Å²) in [6.07, 6.45) is 2.01. The number of carbonyl (C=O) groups excluding carboxylic acids is 1. The lowest BCUT2D eigenvalue weighted by Crippen LogP contribution is -2.35. The van der Waals surface area contributed by atoms with E-state index < -0.39 is 0 Å². The molecule has 0 aliphatic carbocycles. The van der Waals surface area contributed by atoms with Crippen LogP contribution in [0.4, 0.5) is 0 Å². The van der Waals surface area contributed by atoms with Crippen LogP contribution in [0.15, 0.2) is 29.0 Å². The Labute approximate surface area is 133 Å². The molecule has 3 nitrogen and oxygen atoms in total. The van der Waals surface area contributed by atoms with Gasteiger partial charge in [-0.25, -0.2) is 0 Å². The third kappa shape index (κ3) is 3.54. The van der Waals surface area contributed by atoms with Crippen LogP contribution in [0, 0.1) is 12.8 Å². The van der Waals surface area contributed by atoms with E-state index in [0.717, 1.165) is 36.5 Å². The second kappa shape index (κ2) is 6.73. The minimum absolute atomic E-state index is 0.0398. The largest absolute Gasteiger partial charge is 0.381 e. The van der Waals surface area contributed by atoms with E-state index in [0.29, 0.717) is 5.92 Å². The van der Waals surface area contributed by atoms with E-state index >= 15 is 0 Å². The molecule has 1 amide bonds. The maximum absolute atomic E-state index is 12.5. The molecule has 0 saturated carbocycles. The molecule has 0 spiro atoms. The Kier molecular flexibility index (Phi) is 4.73. The molecule has 2 aromatic rings. The third-order valence-corrected chi connectivity index (χ3v) is 5.83. The number of nitrogens with one attached hydrogen (secondary N) is 1. The Bertz CT molecular complexity index is 585. The maximum atomic E-state index is 12.5. The highest BCUT2D eigenvalue weighted by Gasteiger charge is 2.28. The lowest BCUT2D eigenvalue weighted by atomic mass is 9.90. The topological polar surface area (TPSA) is 38.3 Å². The van der Waals surface area contributed by atoms with Gasteiger partial charge in [-0.3, -0.25) is 4.79 Å². The lowest BCUT2D eigenvalue weighted by Gasteiger charge is -2.30. The summed E-state index contributed by atoms with van der Waals surface area (Å²) in [6, 6.07) is 6.22. The Hall–Kier alpha value is -1.17. The number of hydrogen-bond acceptors (Lipinski definition) is 4. The van der Waals surface area contributed by atoms with Crippen LogP contribution < -0.4 is 5.32 Å². The summed E-state index contributed by atoms with van der Waals surface area (Å²) < 4.78 is 5.45. The molecule has 0 bridgehead atoms. The van der Waals surface area contributed by atoms with Crippen molar-refractivity contribution in [2.24, 2.45) is 5.92 Å². The molecule has 3 rings (SSSR count). The highest BCUT2D eigenvalue weighted by molar-refractivity contribution is 7.12. The van der Waals surface area contributed by atoms with Gasteiger partial charge in [0.25, 0.3) is 5.91 Å². The van der Waals surface area contributed by atoms with E-state index in [9.17, 15) is 4.79 Å². The van der Waals surface area contributed by atoms with E-state index in [1.807, 2.05) is 24.4 Å². The van der Waals surface area contributed by atoms with Gasteiger partial charge in [0.05, 0.1) is 10.9 Å². The number of rotatable bonds is 4. The first-order valence-corrected chi connectivity index (χ1v) is 8.97. The molecule has 21 heavy (non-hydrogen) atoms. The van der Waals surface area contributed by atoms with E-state index in [1.165, 1.54) is 16.2 Å². The molecule has 1 saturated heterocycles. The van der Waals surface area contributed by atoms with Crippen LogP contribution in [0.3, 0.4) is 0 Å². The van der Waals surface area contributed by atoms with Crippen molar-refractivity contribution in [3.63, 3.8) is 0 Å². The Balaban J connectivity index is 1.77. The van der Waals surface area contributed by atoms with Crippen molar-refractivity contribution in [2.45, 2.75) is 25.8 Å². The maximum Gasteiger partial charge on any atom is 0.261 e. The molecule has 3 heterocycles. The number of hydrogen-bond donors (Lipinski definition) is 1. The molecule has 5 heteroatoms. The number of aryl methyl sites for hydroxylation is 1. The molecule has 2 aromatic heterocycles. The SMILES string of the molecule is Cc1csc(C(=O)N[C@H](c2cccs2)C2CCOCC2)c1. The van der Waals surface area contributed by atoms with Gasteiger partial charge >= 0.3 is 0 Å². The van der Waals surface area contributed by atoms with Crippen molar-refractivity contribution in [1.82, 2.24) is 5.32 Å². The first-order chi connectivity index (χ1) is 10.2. The molecule has 1 aliphatic heterocycles.